The molecule has 0 radical (unpaired) electrons. The largest absolute Gasteiger partial charge is 0.481 e. The summed E-state index contributed by atoms with van der Waals surface area (Å²) in [4.78, 5) is 31.5. The molecule has 0 aromatic rings. The van der Waals surface area contributed by atoms with Crippen LogP contribution in [0.3, 0.4) is 0 Å². The van der Waals surface area contributed by atoms with Crippen LogP contribution in [0.15, 0.2) is 0 Å². The van der Waals surface area contributed by atoms with Crippen molar-refractivity contribution in [3.05, 3.63) is 0 Å². The van der Waals surface area contributed by atoms with Crippen LogP contribution in [0.5, 0.6) is 0 Å². The number of hydrogen-bond acceptors (Lipinski definition) is 3. The molecule has 0 aliphatic heterocycles. The fourth-order valence-electron chi connectivity index (χ4n) is 0.668. The topological polar surface area (TPSA) is 109 Å². The minimum Gasteiger partial charge on any atom is -0.481 e. The molecule has 0 saturated heterocycles. The van der Waals surface area contributed by atoms with Gasteiger partial charge in [-0.1, -0.05) is 0 Å². The molecule has 0 bridgehead atoms. The van der Waals surface area contributed by atoms with E-state index in [9.17, 15) is 14.4 Å². The maximum Gasteiger partial charge on any atom is 0.316 e. The van der Waals surface area contributed by atoms with Gasteiger partial charge in [0.1, 0.15) is 5.92 Å². The first-order chi connectivity index (χ1) is 5.49. The van der Waals surface area contributed by atoms with Crippen LogP contribution in [0, 0.1) is 5.92 Å². The normalized spacial score (nSPS) is 11.8. The van der Waals surface area contributed by atoms with Crippen molar-refractivity contribution in [1.29, 1.82) is 0 Å². The van der Waals surface area contributed by atoms with E-state index >= 15 is 0 Å². The molecule has 0 aliphatic carbocycles. The Labute approximate surface area is 68.7 Å². The molecular formula is C6H10N2O4. The van der Waals surface area contributed by atoms with Gasteiger partial charge in [-0.2, -0.15) is 0 Å². The predicted octanol–water partition coefficient (Wildman–Crippen LogP) is -1.69. The van der Waals surface area contributed by atoms with E-state index in [0.717, 1.165) is 0 Å². The number of primary amides is 1. The summed E-state index contributed by atoms with van der Waals surface area (Å²) in [5.74, 6) is -4.27. The van der Waals surface area contributed by atoms with Gasteiger partial charge in [0.2, 0.25) is 11.8 Å². The average Bonchev–Trinajstić information content (AvgIpc) is 1.98. The van der Waals surface area contributed by atoms with E-state index in [1.165, 1.54) is 7.05 Å². The molecule has 0 aliphatic rings. The van der Waals surface area contributed by atoms with Gasteiger partial charge in [-0.3, -0.25) is 14.4 Å². The summed E-state index contributed by atoms with van der Waals surface area (Å²) in [6.45, 7) is 0. The molecule has 0 heterocycles. The van der Waals surface area contributed by atoms with Gasteiger partial charge in [-0.15, -0.1) is 0 Å². The highest BCUT2D eigenvalue weighted by Crippen LogP contribution is 2.02. The molecule has 0 aromatic carbocycles. The molecule has 0 spiro atoms. The van der Waals surface area contributed by atoms with Gasteiger partial charge in [0, 0.05) is 13.5 Å². The molecule has 0 saturated carbocycles. The molecule has 68 valence electrons. The van der Waals surface area contributed by atoms with E-state index in [2.05, 4.69) is 5.32 Å². The van der Waals surface area contributed by atoms with Crippen molar-refractivity contribution >= 4 is 17.8 Å². The Balaban J connectivity index is 4.33. The van der Waals surface area contributed by atoms with E-state index in [1.54, 1.807) is 0 Å². The molecule has 6 heteroatoms. The van der Waals surface area contributed by atoms with Gasteiger partial charge in [0.15, 0.2) is 0 Å². The molecule has 0 aromatic heterocycles. The molecule has 0 fully saturated rings. The summed E-state index contributed by atoms with van der Waals surface area (Å²) < 4.78 is 0. The molecule has 4 N–H and O–H groups in total. The number of amides is 2. The standard InChI is InChI=1S/C6H10N2O4/c1-8-5(10)3(6(11)12)2-4(7)9/h3H,2H2,1H3,(H2,7,9)(H,8,10)(H,11,12). The van der Waals surface area contributed by atoms with Crippen LogP contribution in [0.1, 0.15) is 6.42 Å². The lowest BCUT2D eigenvalue weighted by Crippen LogP contribution is -2.35. The lowest BCUT2D eigenvalue weighted by Gasteiger charge is -2.07. The van der Waals surface area contributed by atoms with Gasteiger partial charge in [0.25, 0.3) is 0 Å². The van der Waals surface area contributed by atoms with Crippen LogP contribution >= 0.6 is 0 Å². The number of nitrogens with two attached hydrogens (primary N) is 1. The molecule has 12 heavy (non-hydrogen) atoms. The number of carbonyl (C=O) groups excluding carboxylic acids is 2. The van der Waals surface area contributed by atoms with E-state index in [1.807, 2.05) is 0 Å². The maximum atomic E-state index is 10.8. The van der Waals surface area contributed by atoms with E-state index in [4.69, 9.17) is 10.8 Å². The Bertz CT molecular complexity index is 214. The second kappa shape index (κ2) is 4.32. The number of hydrogen-bond donors (Lipinski definition) is 3. The second-order valence-electron chi connectivity index (χ2n) is 2.18. The summed E-state index contributed by atoms with van der Waals surface area (Å²) in [5.41, 5.74) is 4.74. The van der Waals surface area contributed by atoms with Crippen molar-refractivity contribution in [1.82, 2.24) is 5.32 Å². The smallest absolute Gasteiger partial charge is 0.316 e. The summed E-state index contributed by atoms with van der Waals surface area (Å²) in [6, 6.07) is 0. The highest BCUT2D eigenvalue weighted by Gasteiger charge is 2.26. The van der Waals surface area contributed by atoms with E-state index < -0.39 is 30.1 Å². The zero-order valence-electron chi connectivity index (χ0n) is 6.53. The lowest BCUT2D eigenvalue weighted by molar-refractivity contribution is -0.148. The molecule has 0 rings (SSSR count). The summed E-state index contributed by atoms with van der Waals surface area (Å²) >= 11 is 0. The van der Waals surface area contributed by atoms with Crippen molar-refractivity contribution in [3.63, 3.8) is 0 Å². The number of carbonyl (C=O) groups is 3. The van der Waals surface area contributed by atoms with Gasteiger partial charge in [-0.25, -0.2) is 0 Å². The monoisotopic (exact) mass is 174 g/mol. The van der Waals surface area contributed by atoms with Crippen molar-refractivity contribution < 1.29 is 19.5 Å². The molecule has 2 amide bonds. The van der Waals surface area contributed by atoms with E-state index in [0.29, 0.717) is 0 Å². The predicted molar refractivity (Wildman–Crippen MR) is 39.0 cm³/mol. The van der Waals surface area contributed by atoms with Gasteiger partial charge < -0.3 is 16.2 Å². The minimum atomic E-state index is -1.38. The number of nitrogens with one attached hydrogen (secondary N) is 1. The molecule has 1 atom stereocenters. The SMILES string of the molecule is CNC(=O)C(CC(N)=O)C(=O)O. The third-order valence-corrected chi connectivity index (χ3v) is 1.27. The van der Waals surface area contributed by atoms with Gasteiger partial charge in [0.05, 0.1) is 0 Å². The van der Waals surface area contributed by atoms with Crippen molar-refractivity contribution in [3.8, 4) is 0 Å². The summed E-state index contributed by atoms with van der Waals surface area (Å²) in [7, 11) is 1.29. The summed E-state index contributed by atoms with van der Waals surface area (Å²) in [6.07, 6.45) is -0.477. The molecular weight excluding hydrogens is 164 g/mol. The van der Waals surface area contributed by atoms with Gasteiger partial charge in [-0.05, 0) is 0 Å². The third kappa shape index (κ3) is 3.00. The first-order valence-electron chi connectivity index (χ1n) is 3.21. The number of aliphatic carboxylic acids is 1. The maximum absolute atomic E-state index is 10.8. The summed E-state index contributed by atoms with van der Waals surface area (Å²) in [5, 5.41) is 10.6. The molecule has 1 unspecified atom stereocenters. The fraction of sp³-hybridized carbons (Fsp3) is 0.500. The third-order valence-electron chi connectivity index (χ3n) is 1.27. The van der Waals surface area contributed by atoms with Crippen LogP contribution in [0.2, 0.25) is 0 Å². The Morgan fingerprint density at radius 2 is 2.00 bits per heavy atom. The Kier molecular flexibility index (Phi) is 3.75. The zero-order chi connectivity index (χ0) is 9.72. The average molecular weight is 174 g/mol. The Hall–Kier alpha value is -1.59. The van der Waals surface area contributed by atoms with Crippen LogP contribution in [0.25, 0.3) is 0 Å². The van der Waals surface area contributed by atoms with Crippen LogP contribution in [-0.4, -0.2) is 29.9 Å². The number of carboxylic acid groups (broad SMARTS) is 1. The fourth-order valence-corrected chi connectivity index (χ4v) is 0.668. The van der Waals surface area contributed by atoms with Gasteiger partial charge >= 0.3 is 5.97 Å². The van der Waals surface area contributed by atoms with Crippen molar-refractivity contribution in [2.45, 2.75) is 6.42 Å². The quantitative estimate of drug-likeness (QED) is 0.441. The first kappa shape index (κ1) is 10.4. The highest BCUT2D eigenvalue weighted by atomic mass is 16.4. The van der Waals surface area contributed by atoms with Crippen LogP contribution in [0.4, 0.5) is 0 Å². The van der Waals surface area contributed by atoms with Crippen LogP contribution in [-0.2, 0) is 14.4 Å². The zero-order valence-corrected chi connectivity index (χ0v) is 6.53. The Morgan fingerprint density at radius 1 is 1.50 bits per heavy atom. The second-order valence-corrected chi connectivity index (χ2v) is 2.18. The first-order valence-corrected chi connectivity index (χ1v) is 3.21. The van der Waals surface area contributed by atoms with Crippen LogP contribution < -0.4 is 11.1 Å². The van der Waals surface area contributed by atoms with Crippen molar-refractivity contribution in [2.24, 2.45) is 11.7 Å². The van der Waals surface area contributed by atoms with E-state index in [-0.39, 0.29) is 0 Å². The minimum absolute atomic E-state index is 0.477. The number of carboxylic acids is 1. The molecule has 6 nitrogen and oxygen atoms in total. The number of rotatable bonds is 4. The highest BCUT2D eigenvalue weighted by molar-refractivity contribution is 6.00. The van der Waals surface area contributed by atoms with Crippen molar-refractivity contribution in [2.75, 3.05) is 7.05 Å². The lowest BCUT2D eigenvalue weighted by atomic mass is 10.1. The Morgan fingerprint density at radius 3 is 2.25 bits per heavy atom.